The monoisotopic (exact) mass is 353 g/mol. The molecular weight excluding hydrogens is 338 g/mol. The summed E-state index contributed by atoms with van der Waals surface area (Å²) >= 11 is 5.25. The topological polar surface area (TPSA) is 51.0 Å². The fourth-order valence-corrected chi connectivity index (χ4v) is 3.65. The minimum Gasteiger partial charge on any atom is -0.338 e. The van der Waals surface area contributed by atoms with Gasteiger partial charge in [-0.05, 0) is 47.4 Å². The van der Waals surface area contributed by atoms with Crippen LogP contribution < -0.4 is 5.32 Å². The predicted molar refractivity (Wildman–Crippen MR) is 82.6 cm³/mol. The fraction of sp³-hybridized carbons (Fsp3) is 0.429. The van der Waals surface area contributed by atoms with Crippen LogP contribution >= 0.6 is 27.7 Å². The van der Waals surface area contributed by atoms with E-state index in [2.05, 4.69) is 37.5 Å². The fourth-order valence-electron chi connectivity index (χ4n) is 2.23. The number of aromatic nitrogens is 2. The van der Waals surface area contributed by atoms with Crippen molar-refractivity contribution in [2.45, 2.75) is 36.0 Å². The van der Waals surface area contributed by atoms with Crippen molar-refractivity contribution in [2.24, 2.45) is 0 Å². The molecule has 1 atom stereocenters. The van der Waals surface area contributed by atoms with E-state index in [1.165, 1.54) is 17.7 Å². The number of rotatable bonds is 4. The highest BCUT2D eigenvalue weighted by atomic mass is 79.9. The third-order valence-corrected chi connectivity index (χ3v) is 5.31. The van der Waals surface area contributed by atoms with Crippen molar-refractivity contribution in [3.8, 4) is 0 Å². The summed E-state index contributed by atoms with van der Waals surface area (Å²) in [5.41, 5.74) is 0. The summed E-state index contributed by atoms with van der Waals surface area (Å²) in [5, 5.41) is 7.49. The smallest absolute Gasteiger partial charge is 0.243 e. The molecule has 0 bridgehead atoms. The highest BCUT2D eigenvalue weighted by Crippen LogP contribution is 2.29. The predicted octanol–water partition coefficient (Wildman–Crippen LogP) is 3.94. The summed E-state index contributed by atoms with van der Waals surface area (Å²) in [6.07, 6.45) is 3.54. The Balaban J connectivity index is 1.61. The molecule has 3 rings (SSSR count). The van der Waals surface area contributed by atoms with Gasteiger partial charge in [0.15, 0.2) is 5.82 Å². The van der Waals surface area contributed by atoms with Gasteiger partial charge >= 0.3 is 0 Å². The normalized spacial score (nSPS) is 19.1. The SMILES string of the molecule is Brc1ccccc1SCc1noc([C@@H]2CCCCN2)n1. The first kappa shape index (κ1) is 14.1. The van der Waals surface area contributed by atoms with Crippen LogP contribution in [0.4, 0.5) is 0 Å². The van der Waals surface area contributed by atoms with Gasteiger partial charge in [-0.2, -0.15) is 4.98 Å². The maximum Gasteiger partial charge on any atom is 0.243 e. The molecule has 1 fully saturated rings. The van der Waals surface area contributed by atoms with E-state index in [-0.39, 0.29) is 6.04 Å². The second kappa shape index (κ2) is 6.74. The summed E-state index contributed by atoms with van der Waals surface area (Å²) in [5.74, 6) is 2.21. The molecule has 1 aliphatic heterocycles. The van der Waals surface area contributed by atoms with Gasteiger partial charge in [0.1, 0.15) is 0 Å². The van der Waals surface area contributed by atoms with Crippen LogP contribution in [0.1, 0.15) is 37.0 Å². The van der Waals surface area contributed by atoms with Crippen molar-refractivity contribution >= 4 is 27.7 Å². The van der Waals surface area contributed by atoms with E-state index in [0.29, 0.717) is 0 Å². The van der Waals surface area contributed by atoms with Gasteiger partial charge in [0, 0.05) is 9.37 Å². The number of hydrogen-bond donors (Lipinski definition) is 1. The molecule has 106 valence electrons. The first-order valence-corrected chi connectivity index (χ1v) is 8.54. The molecule has 0 unspecified atom stereocenters. The molecule has 1 saturated heterocycles. The van der Waals surface area contributed by atoms with Crippen LogP contribution in [-0.4, -0.2) is 16.7 Å². The van der Waals surface area contributed by atoms with Gasteiger partial charge in [-0.15, -0.1) is 11.8 Å². The van der Waals surface area contributed by atoms with E-state index in [4.69, 9.17) is 4.52 Å². The maximum atomic E-state index is 5.37. The Bertz CT molecular complexity index is 569. The average molecular weight is 354 g/mol. The largest absolute Gasteiger partial charge is 0.338 e. The van der Waals surface area contributed by atoms with Gasteiger partial charge in [0.05, 0.1) is 11.8 Å². The van der Waals surface area contributed by atoms with Gasteiger partial charge in [-0.1, -0.05) is 23.7 Å². The quantitative estimate of drug-likeness (QED) is 0.843. The summed E-state index contributed by atoms with van der Waals surface area (Å²) in [7, 11) is 0. The Morgan fingerprint density at radius 2 is 2.25 bits per heavy atom. The lowest BCUT2D eigenvalue weighted by atomic mass is 10.1. The number of hydrogen-bond acceptors (Lipinski definition) is 5. The number of benzene rings is 1. The van der Waals surface area contributed by atoms with Crippen molar-refractivity contribution in [2.75, 3.05) is 6.54 Å². The minimum absolute atomic E-state index is 0.235. The first-order chi connectivity index (χ1) is 9.83. The van der Waals surface area contributed by atoms with Crippen molar-refractivity contribution in [1.82, 2.24) is 15.5 Å². The van der Waals surface area contributed by atoms with Gasteiger partial charge in [-0.3, -0.25) is 0 Å². The van der Waals surface area contributed by atoms with Crippen LogP contribution in [-0.2, 0) is 5.75 Å². The molecule has 20 heavy (non-hydrogen) atoms. The molecule has 0 saturated carbocycles. The van der Waals surface area contributed by atoms with E-state index >= 15 is 0 Å². The van der Waals surface area contributed by atoms with Crippen LogP contribution in [0.2, 0.25) is 0 Å². The molecule has 6 heteroatoms. The van der Waals surface area contributed by atoms with E-state index in [1.807, 2.05) is 18.2 Å². The van der Waals surface area contributed by atoms with Crippen LogP contribution in [0.15, 0.2) is 38.2 Å². The Labute approximate surface area is 130 Å². The standard InChI is InChI=1S/C14H16BrN3OS/c15-10-5-1-2-7-12(10)20-9-13-17-14(19-18-13)11-6-3-4-8-16-11/h1-2,5,7,11,16H,3-4,6,8-9H2/t11-/m0/s1. The van der Waals surface area contributed by atoms with Crippen molar-refractivity contribution in [3.63, 3.8) is 0 Å². The van der Waals surface area contributed by atoms with Crippen LogP contribution in [0, 0.1) is 0 Å². The molecule has 1 aromatic heterocycles. The molecule has 1 N–H and O–H groups in total. The van der Waals surface area contributed by atoms with Gasteiger partial charge in [-0.25, -0.2) is 0 Å². The molecule has 4 nitrogen and oxygen atoms in total. The Morgan fingerprint density at radius 1 is 1.35 bits per heavy atom. The van der Waals surface area contributed by atoms with E-state index < -0.39 is 0 Å². The minimum atomic E-state index is 0.235. The zero-order chi connectivity index (χ0) is 13.8. The number of halogens is 1. The molecule has 2 aromatic rings. The lowest BCUT2D eigenvalue weighted by Gasteiger charge is -2.19. The number of nitrogens with one attached hydrogen (secondary N) is 1. The number of piperidine rings is 1. The highest BCUT2D eigenvalue weighted by molar-refractivity contribution is 9.10. The molecule has 0 amide bonds. The van der Waals surface area contributed by atoms with E-state index in [9.17, 15) is 0 Å². The summed E-state index contributed by atoms with van der Waals surface area (Å²) in [4.78, 5) is 5.69. The third kappa shape index (κ3) is 3.42. The van der Waals surface area contributed by atoms with Crippen molar-refractivity contribution < 1.29 is 4.52 Å². The second-order valence-electron chi connectivity index (χ2n) is 4.77. The zero-order valence-corrected chi connectivity index (χ0v) is 13.4. The average Bonchev–Trinajstić information content (AvgIpc) is 2.96. The van der Waals surface area contributed by atoms with Crippen molar-refractivity contribution in [3.05, 3.63) is 40.5 Å². The van der Waals surface area contributed by atoms with Crippen LogP contribution in [0.25, 0.3) is 0 Å². The third-order valence-electron chi connectivity index (χ3n) is 3.29. The lowest BCUT2D eigenvalue weighted by molar-refractivity contribution is 0.296. The maximum absolute atomic E-state index is 5.37. The first-order valence-electron chi connectivity index (χ1n) is 6.76. The molecule has 0 spiro atoms. The van der Waals surface area contributed by atoms with Gasteiger partial charge in [0.2, 0.25) is 5.89 Å². The van der Waals surface area contributed by atoms with Crippen molar-refractivity contribution in [1.29, 1.82) is 0 Å². The molecule has 2 heterocycles. The number of nitrogens with zero attached hydrogens (tertiary/aromatic N) is 2. The highest BCUT2D eigenvalue weighted by Gasteiger charge is 2.20. The Morgan fingerprint density at radius 3 is 3.05 bits per heavy atom. The molecule has 0 aliphatic carbocycles. The second-order valence-corrected chi connectivity index (χ2v) is 6.64. The molecule has 1 aromatic carbocycles. The van der Waals surface area contributed by atoms with E-state index in [0.717, 1.165) is 34.9 Å². The Hall–Kier alpha value is -0.850. The summed E-state index contributed by atoms with van der Waals surface area (Å²) in [6.45, 7) is 1.04. The lowest BCUT2D eigenvalue weighted by Crippen LogP contribution is -2.26. The van der Waals surface area contributed by atoms with E-state index in [1.54, 1.807) is 11.8 Å². The summed E-state index contributed by atoms with van der Waals surface area (Å²) < 4.78 is 6.47. The van der Waals surface area contributed by atoms with Gasteiger partial charge < -0.3 is 9.84 Å². The van der Waals surface area contributed by atoms with Crippen LogP contribution in [0.3, 0.4) is 0 Å². The summed E-state index contributed by atoms with van der Waals surface area (Å²) in [6, 6.07) is 8.39. The zero-order valence-electron chi connectivity index (χ0n) is 11.0. The molecule has 0 radical (unpaired) electrons. The number of thioether (sulfide) groups is 1. The molecule has 1 aliphatic rings. The molecular formula is C14H16BrN3OS. The Kier molecular flexibility index (Phi) is 4.75. The van der Waals surface area contributed by atoms with Crippen LogP contribution in [0.5, 0.6) is 0 Å². The van der Waals surface area contributed by atoms with Gasteiger partial charge in [0.25, 0.3) is 0 Å².